The summed E-state index contributed by atoms with van der Waals surface area (Å²) >= 11 is 0. The van der Waals surface area contributed by atoms with Crippen molar-refractivity contribution in [3.63, 3.8) is 0 Å². The van der Waals surface area contributed by atoms with Crippen LogP contribution in [-0.2, 0) is 16.4 Å². The molecule has 1 aromatic rings. The molecule has 0 saturated heterocycles. The normalized spacial score (nSPS) is 14.5. The van der Waals surface area contributed by atoms with E-state index in [0.717, 1.165) is 37.2 Å². The number of sulfonamides is 1. The van der Waals surface area contributed by atoms with Gasteiger partial charge < -0.3 is 10.2 Å². The first-order valence-electron chi connectivity index (χ1n) is 7.47. The molecule has 0 amide bonds. The minimum Gasteiger partial charge on any atom is -0.384 e. The van der Waals surface area contributed by atoms with Crippen molar-refractivity contribution in [2.75, 3.05) is 45.6 Å². The first kappa shape index (κ1) is 16.3. The number of hydrogen-bond donors (Lipinski definition) is 1. The molecule has 1 aliphatic rings. The molecule has 0 saturated carbocycles. The molecular weight excluding hydrogens is 286 g/mol. The Morgan fingerprint density at radius 2 is 1.95 bits per heavy atom. The zero-order valence-corrected chi connectivity index (χ0v) is 13.9. The van der Waals surface area contributed by atoms with E-state index in [2.05, 4.69) is 5.32 Å². The zero-order valence-electron chi connectivity index (χ0n) is 13.1. The topological polar surface area (TPSA) is 52.7 Å². The molecule has 118 valence electrons. The molecular formula is C15H25N3O2S. The maximum absolute atomic E-state index is 12.8. The lowest BCUT2D eigenvalue weighted by molar-refractivity contribution is 0.333. The van der Waals surface area contributed by atoms with Crippen LogP contribution in [0.2, 0.25) is 0 Å². The summed E-state index contributed by atoms with van der Waals surface area (Å²) in [5, 5.41) is 3.26. The standard InChI is InChI=1S/C15H25N3O2S/c1-4-9-18(11-10-17(2)3)21(19,20)14-5-6-15-13(12-14)7-8-16-15/h5-6,12,16H,4,7-11H2,1-3H3. The van der Waals surface area contributed by atoms with Crippen LogP contribution in [0, 0.1) is 0 Å². The van der Waals surface area contributed by atoms with E-state index in [0.29, 0.717) is 18.0 Å². The number of nitrogens with one attached hydrogen (secondary N) is 1. The molecule has 1 aromatic carbocycles. The fraction of sp³-hybridized carbons (Fsp3) is 0.600. The van der Waals surface area contributed by atoms with Crippen LogP contribution in [0.1, 0.15) is 18.9 Å². The molecule has 0 fully saturated rings. The summed E-state index contributed by atoms with van der Waals surface area (Å²) in [6.45, 7) is 4.71. The lowest BCUT2D eigenvalue weighted by Crippen LogP contribution is -2.37. The molecule has 1 aliphatic heterocycles. The molecule has 1 heterocycles. The minimum absolute atomic E-state index is 0.414. The second-order valence-corrected chi connectivity index (χ2v) is 7.64. The molecule has 0 aromatic heterocycles. The van der Waals surface area contributed by atoms with Crippen LogP contribution in [0.15, 0.2) is 23.1 Å². The van der Waals surface area contributed by atoms with Gasteiger partial charge in [0.05, 0.1) is 4.90 Å². The summed E-state index contributed by atoms with van der Waals surface area (Å²) in [4.78, 5) is 2.42. The summed E-state index contributed by atoms with van der Waals surface area (Å²) in [6, 6.07) is 5.42. The van der Waals surface area contributed by atoms with Gasteiger partial charge in [-0.05, 0) is 50.7 Å². The van der Waals surface area contributed by atoms with Gasteiger partial charge in [-0.25, -0.2) is 8.42 Å². The van der Waals surface area contributed by atoms with Gasteiger partial charge in [0.15, 0.2) is 0 Å². The van der Waals surface area contributed by atoms with Crippen LogP contribution >= 0.6 is 0 Å². The predicted molar refractivity (Wildman–Crippen MR) is 86.2 cm³/mol. The first-order chi connectivity index (χ1) is 9.95. The van der Waals surface area contributed by atoms with Gasteiger partial charge in [0.1, 0.15) is 0 Å². The summed E-state index contributed by atoms with van der Waals surface area (Å²) in [5.74, 6) is 0. The fourth-order valence-electron chi connectivity index (χ4n) is 2.50. The van der Waals surface area contributed by atoms with Gasteiger partial charge >= 0.3 is 0 Å². The van der Waals surface area contributed by atoms with Crippen molar-refractivity contribution in [1.29, 1.82) is 0 Å². The number of nitrogens with zero attached hydrogens (tertiary/aromatic N) is 2. The highest BCUT2D eigenvalue weighted by molar-refractivity contribution is 7.89. The number of rotatable bonds is 7. The molecule has 0 unspecified atom stereocenters. The van der Waals surface area contributed by atoms with E-state index in [1.54, 1.807) is 10.4 Å². The van der Waals surface area contributed by atoms with Crippen LogP contribution in [0.5, 0.6) is 0 Å². The van der Waals surface area contributed by atoms with Crippen molar-refractivity contribution >= 4 is 15.7 Å². The van der Waals surface area contributed by atoms with E-state index in [-0.39, 0.29) is 0 Å². The van der Waals surface area contributed by atoms with Gasteiger partial charge in [0, 0.05) is 31.9 Å². The third-order valence-corrected chi connectivity index (χ3v) is 5.59. The molecule has 0 radical (unpaired) electrons. The van der Waals surface area contributed by atoms with Crippen molar-refractivity contribution in [3.05, 3.63) is 23.8 Å². The highest BCUT2D eigenvalue weighted by Gasteiger charge is 2.25. The highest BCUT2D eigenvalue weighted by atomic mass is 32.2. The number of benzene rings is 1. The van der Waals surface area contributed by atoms with Crippen LogP contribution in [0.4, 0.5) is 5.69 Å². The average molecular weight is 311 g/mol. The van der Waals surface area contributed by atoms with Crippen LogP contribution < -0.4 is 5.32 Å². The van der Waals surface area contributed by atoms with Gasteiger partial charge in [-0.15, -0.1) is 0 Å². The zero-order chi connectivity index (χ0) is 15.5. The molecule has 1 N–H and O–H groups in total. The van der Waals surface area contributed by atoms with Gasteiger partial charge in [0.25, 0.3) is 0 Å². The largest absolute Gasteiger partial charge is 0.384 e. The Balaban J connectivity index is 2.24. The lowest BCUT2D eigenvalue weighted by atomic mass is 10.2. The predicted octanol–water partition coefficient (Wildman–Crippen LogP) is 1.62. The summed E-state index contributed by atoms with van der Waals surface area (Å²) in [6.07, 6.45) is 1.71. The average Bonchev–Trinajstić information content (AvgIpc) is 2.90. The minimum atomic E-state index is -3.40. The van der Waals surface area contributed by atoms with E-state index in [1.807, 2.05) is 38.1 Å². The Kier molecular flexibility index (Phi) is 5.24. The SMILES string of the molecule is CCCN(CCN(C)C)S(=O)(=O)c1ccc2c(c1)CCN2. The summed E-state index contributed by atoms with van der Waals surface area (Å²) in [7, 11) is 0.511. The Bertz CT molecular complexity index is 585. The van der Waals surface area contributed by atoms with Crippen molar-refractivity contribution in [3.8, 4) is 0 Å². The molecule has 0 aliphatic carbocycles. The van der Waals surface area contributed by atoms with E-state index in [9.17, 15) is 8.42 Å². The second-order valence-electron chi connectivity index (χ2n) is 5.70. The van der Waals surface area contributed by atoms with E-state index < -0.39 is 10.0 Å². The number of anilines is 1. The molecule has 2 rings (SSSR count). The van der Waals surface area contributed by atoms with Crippen LogP contribution in [0.3, 0.4) is 0 Å². The third kappa shape index (κ3) is 3.75. The number of fused-ring (bicyclic) bond motifs is 1. The van der Waals surface area contributed by atoms with Gasteiger partial charge in [-0.1, -0.05) is 6.92 Å². The Morgan fingerprint density at radius 3 is 2.62 bits per heavy atom. The number of likely N-dealkylation sites (N-methyl/N-ethyl adjacent to an activating group) is 1. The number of hydrogen-bond acceptors (Lipinski definition) is 4. The maximum atomic E-state index is 12.8. The van der Waals surface area contributed by atoms with Crippen molar-refractivity contribution in [2.24, 2.45) is 0 Å². The van der Waals surface area contributed by atoms with Gasteiger partial charge in [0.2, 0.25) is 10.0 Å². The van der Waals surface area contributed by atoms with Crippen molar-refractivity contribution in [2.45, 2.75) is 24.7 Å². The third-order valence-electron chi connectivity index (χ3n) is 3.69. The fourth-order valence-corrected chi connectivity index (χ4v) is 4.08. The molecule has 6 heteroatoms. The van der Waals surface area contributed by atoms with Gasteiger partial charge in [-0.3, -0.25) is 0 Å². The summed E-state index contributed by atoms with van der Waals surface area (Å²) < 4.78 is 27.2. The Hall–Kier alpha value is -1.11. The van der Waals surface area contributed by atoms with E-state index in [1.165, 1.54) is 0 Å². The second kappa shape index (κ2) is 6.77. The van der Waals surface area contributed by atoms with Crippen LogP contribution in [0.25, 0.3) is 0 Å². The molecule has 0 atom stereocenters. The monoisotopic (exact) mass is 311 g/mol. The summed E-state index contributed by atoms with van der Waals surface area (Å²) in [5.41, 5.74) is 2.16. The van der Waals surface area contributed by atoms with Crippen LogP contribution in [-0.4, -0.2) is 57.9 Å². The Labute approximate surface area is 128 Å². The molecule has 0 spiro atoms. The highest BCUT2D eigenvalue weighted by Crippen LogP contribution is 2.26. The molecule has 0 bridgehead atoms. The maximum Gasteiger partial charge on any atom is 0.243 e. The van der Waals surface area contributed by atoms with E-state index in [4.69, 9.17) is 0 Å². The first-order valence-corrected chi connectivity index (χ1v) is 8.91. The smallest absolute Gasteiger partial charge is 0.243 e. The quantitative estimate of drug-likeness (QED) is 0.831. The van der Waals surface area contributed by atoms with Gasteiger partial charge in [-0.2, -0.15) is 4.31 Å². The molecule has 21 heavy (non-hydrogen) atoms. The van der Waals surface area contributed by atoms with E-state index >= 15 is 0 Å². The lowest BCUT2D eigenvalue weighted by Gasteiger charge is -2.23. The molecule has 5 nitrogen and oxygen atoms in total. The Morgan fingerprint density at radius 1 is 1.19 bits per heavy atom. The van der Waals surface area contributed by atoms with Crippen molar-refractivity contribution in [1.82, 2.24) is 9.21 Å². The van der Waals surface area contributed by atoms with Crippen molar-refractivity contribution < 1.29 is 8.42 Å².